The van der Waals surface area contributed by atoms with Gasteiger partial charge in [-0.1, -0.05) is 48.0 Å². The number of hydrogen-bond donors (Lipinski definition) is 0. The van der Waals surface area contributed by atoms with Crippen molar-refractivity contribution in [3.63, 3.8) is 0 Å². The van der Waals surface area contributed by atoms with E-state index in [9.17, 15) is 4.79 Å². The molecule has 0 aromatic heterocycles. The van der Waals surface area contributed by atoms with Gasteiger partial charge in [0.15, 0.2) is 6.10 Å². The van der Waals surface area contributed by atoms with E-state index < -0.39 is 6.10 Å². The first-order valence-corrected chi connectivity index (χ1v) is 6.23. The molecule has 96 valence electrons. The van der Waals surface area contributed by atoms with Crippen LogP contribution >= 0.6 is 0 Å². The van der Waals surface area contributed by atoms with Crippen molar-refractivity contribution in [1.82, 2.24) is 0 Å². The molecule has 1 saturated heterocycles. The molecule has 0 amide bonds. The molecule has 0 spiro atoms. The fraction of sp³-hybridized carbons (Fsp3) is 0.188. The molecular weight excluding hydrogens is 240 g/mol. The monoisotopic (exact) mass is 254 g/mol. The second-order valence-electron chi connectivity index (χ2n) is 4.62. The SMILES string of the molecule is Cc1ccc(OC(=O)[C@H]2O[C@H]2c2ccccc2)cc1. The number of esters is 1. The number of hydrogen-bond acceptors (Lipinski definition) is 3. The van der Waals surface area contributed by atoms with Crippen LogP contribution in [0.4, 0.5) is 0 Å². The van der Waals surface area contributed by atoms with Crippen molar-refractivity contribution in [3.05, 3.63) is 65.7 Å². The Morgan fingerprint density at radius 1 is 1.05 bits per heavy atom. The summed E-state index contributed by atoms with van der Waals surface area (Å²) in [6.07, 6.45) is -0.650. The van der Waals surface area contributed by atoms with Gasteiger partial charge in [-0.05, 0) is 24.6 Å². The van der Waals surface area contributed by atoms with Gasteiger partial charge < -0.3 is 9.47 Å². The Labute approximate surface area is 111 Å². The summed E-state index contributed by atoms with van der Waals surface area (Å²) < 4.78 is 10.7. The van der Waals surface area contributed by atoms with E-state index in [4.69, 9.17) is 9.47 Å². The number of carbonyl (C=O) groups excluding carboxylic acids is 1. The van der Waals surface area contributed by atoms with E-state index in [1.807, 2.05) is 49.4 Å². The van der Waals surface area contributed by atoms with Gasteiger partial charge in [0.1, 0.15) is 11.9 Å². The summed E-state index contributed by atoms with van der Waals surface area (Å²) in [6.45, 7) is 1.99. The van der Waals surface area contributed by atoms with Crippen LogP contribution in [-0.4, -0.2) is 12.1 Å². The molecule has 2 aromatic rings. The van der Waals surface area contributed by atoms with Crippen LogP contribution in [0.3, 0.4) is 0 Å². The smallest absolute Gasteiger partial charge is 0.343 e. The molecule has 0 radical (unpaired) electrons. The van der Waals surface area contributed by atoms with Gasteiger partial charge in [-0.25, -0.2) is 4.79 Å². The van der Waals surface area contributed by atoms with Gasteiger partial charge in [0.2, 0.25) is 0 Å². The van der Waals surface area contributed by atoms with Gasteiger partial charge in [-0.3, -0.25) is 0 Å². The van der Waals surface area contributed by atoms with Gasteiger partial charge >= 0.3 is 5.97 Å². The van der Waals surface area contributed by atoms with Crippen molar-refractivity contribution in [1.29, 1.82) is 0 Å². The van der Waals surface area contributed by atoms with Crippen molar-refractivity contribution in [2.45, 2.75) is 19.1 Å². The van der Waals surface area contributed by atoms with E-state index in [-0.39, 0.29) is 12.1 Å². The minimum atomic E-state index is -0.483. The molecule has 0 bridgehead atoms. The third-order valence-electron chi connectivity index (χ3n) is 3.09. The molecular formula is C16H14O3. The van der Waals surface area contributed by atoms with Gasteiger partial charge in [0, 0.05) is 0 Å². The van der Waals surface area contributed by atoms with Gasteiger partial charge in [0.05, 0.1) is 0 Å². The van der Waals surface area contributed by atoms with E-state index in [0.717, 1.165) is 11.1 Å². The lowest BCUT2D eigenvalue weighted by molar-refractivity contribution is -0.135. The molecule has 3 nitrogen and oxygen atoms in total. The largest absolute Gasteiger partial charge is 0.425 e. The van der Waals surface area contributed by atoms with Crippen LogP contribution in [0.25, 0.3) is 0 Å². The standard InChI is InChI=1S/C16H14O3/c1-11-7-9-13(10-8-11)18-16(17)15-14(19-15)12-5-3-2-4-6-12/h2-10,14-15H,1H3/t14-,15-/m0/s1. The van der Waals surface area contributed by atoms with Crippen LogP contribution < -0.4 is 4.74 Å². The van der Waals surface area contributed by atoms with Gasteiger partial charge in [-0.2, -0.15) is 0 Å². The molecule has 1 heterocycles. The highest BCUT2D eigenvalue weighted by molar-refractivity contribution is 5.80. The zero-order valence-corrected chi connectivity index (χ0v) is 10.6. The van der Waals surface area contributed by atoms with Crippen LogP contribution in [0.2, 0.25) is 0 Å². The molecule has 1 aliphatic rings. The molecule has 0 saturated carbocycles. The predicted octanol–water partition coefficient (Wildman–Crippen LogP) is 3.04. The molecule has 0 unspecified atom stereocenters. The first kappa shape index (κ1) is 11.9. The zero-order valence-electron chi connectivity index (χ0n) is 10.6. The van der Waals surface area contributed by atoms with Crippen molar-refractivity contribution in [3.8, 4) is 5.75 Å². The Balaban J connectivity index is 1.63. The Kier molecular flexibility index (Phi) is 3.05. The van der Waals surface area contributed by atoms with Gasteiger partial charge in [0.25, 0.3) is 0 Å². The molecule has 3 heteroatoms. The van der Waals surface area contributed by atoms with Gasteiger partial charge in [-0.15, -0.1) is 0 Å². The second kappa shape index (κ2) is 4.86. The summed E-state index contributed by atoms with van der Waals surface area (Å²) >= 11 is 0. The minimum absolute atomic E-state index is 0.167. The maximum Gasteiger partial charge on any atom is 0.343 e. The molecule has 1 aliphatic heterocycles. The highest BCUT2D eigenvalue weighted by Gasteiger charge is 2.47. The third-order valence-corrected chi connectivity index (χ3v) is 3.09. The van der Waals surface area contributed by atoms with Crippen LogP contribution in [0.5, 0.6) is 5.75 Å². The highest BCUT2D eigenvalue weighted by Crippen LogP contribution is 2.39. The highest BCUT2D eigenvalue weighted by atomic mass is 16.6. The Morgan fingerprint density at radius 3 is 2.42 bits per heavy atom. The molecule has 0 N–H and O–H groups in total. The van der Waals surface area contributed by atoms with Crippen molar-refractivity contribution < 1.29 is 14.3 Å². The molecule has 2 atom stereocenters. The predicted molar refractivity (Wildman–Crippen MR) is 70.9 cm³/mol. The number of benzene rings is 2. The Bertz CT molecular complexity index is 575. The van der Waals surface area contributed by atoms with Crippen molar-refractivity contribution >= 4 is 5.97 Å². The molecule has 2 aromatic carbocycles. The lowest BCUT2D eigenvalue weighted by Crippen LogP contribution is -2.15. The molecule has 1 fully saturated rings. The van der Waals surface area contributed by atoms with E-state index in [2.05, 4.69) is 0 Å². The number of epoxide rings is 1. The lowest BCUT2D eigenvalue weighted by atomic mass is 10.1. The topological polar surface area (TPSA) is 38.8 Å². The molecule has 3 rings (SSSR count). The maximum atomic E-state index is 11.9. The first-order valence-electron chi connectivity index (χ1n) is 6.23. The summed E-state index contributed by atoms with van der Waals surface area (Å²) in [6, 6.07) is 17.1. The number of carbonyl (C=O) groups is 1. The van der Waals surface area contributed by atoms with Crippen LogP contribution in [0, 0.1) is 6.92 Å². The summed E-state index contributed by atoms with van der Waals surface area (Å²) in [4.78, 5) is 11.9. The normalized spacial score (nSPS) is 20.9. The Morgan fingerprint density at radius 2 is 1.74 bits per heavy atom. The van der Waals surface area contributed by atoms with E-state index in [1.54, 1.807) is 12.1 Å². The molecule has 19 heavy (non-hydrogen) atoms. The van der Waals surface area contributed by atoms with E-state index in [1.165, 1.54) is 0 Å². The summed E-state index contributed by atoms with van der Waals surface area (Å²) in [7, 11) is 0. The van der Waals surface area contributed by atoms with Crippen LogP contribution in [-0.2, 0) is 9.53 Å². The second-order valence-corrected chi connectivity index (χ2v) is 4.62. The molecule has 0 aliphatic carbocycles. The third kappa shape index (κ3) is 2.66. The fourth-order valence-electron chi connectivity index (χ4n) is 1.97. The number of rotatable bonds is 3. The van der Waals surface area contributed by atoms with Crippen LogP contribution in [0.1, 0.15) is 17.2 Å². The number of ether oxygens (including phenoxy) is 2. The van der Waals surface area contributed by atoms with Crippen LogP contribution in [0.15, 0.2) is 54.6 Å². The van der Waals surface area contributed by atoms with Crippen molar-refractivity contribution in [2.75, 3.05) is 0 Å². The van der Waals surface area contributed by atoms with E-state index in [0.29, 0.717) is 5.75 Å². The average molecular weight is 254 g/mol. The lowest BCUT2D eigenvalue weighted by Gasteiger charge is -2.02. The Hall–Kier alpha value is -2.13. The fourth-order valence-corrected chi connectivity index (χ4v) is 1.97. The maximum absolute atomic E-state index is 11.9. The van der Waals surface area contributed by atoms with E-state index >= 15 is 0 Å². The average Bonchev–Trinajstić information content (AvgIpc) is 3.23. The first-order chi connectivity index (χ1) is 9.24. The van der Waals surface area contributed by atoms with Crippen molar-refractivity contribution in [2.24, 2.45) is 0 Å². The zero-order chi connectivity index (χ0) is 13.2. The number of aryl methyl sites for hydroxylation is 1. The summed E-state index contributed by atoms with van der Waals surface area (Å²) in [5.41, 5.74) is 2.14. The summed E-state index contributed by atoms with van der Waals surface area (Å²) in [5, 5.41) is 0. The minimum Gasteiger partial charge on any atom is -0.425 e. The summed E-state index contributed by atoms with van der Waals surface area (Å²) in [5.74, 6) is 0.218. The quantitative estimate of drug-likeness (QED) is 0.480.